The second-order valence-corrected chi connectivity index (χ2v) is 5.30. The van der Waals surface area contributed by atoms with E-state index in [0.29, 0.717) is 5.56 Å². The maximum atomic E-state index is 11.9. The molecule has 0 bridgehead atoms. The van der Waals surface area contributed by atoms with Gasteiger partial charge >= 0.3 is 12.0 Å². The van der Waals surface area contributed by atoms with Crippen LogP contribution in [0.1, 0.15) is 24.2 Å². The van der Waals surface area contributed by atoms with Crippen molar-refractivity contribution in [2.75, 3.05) is 12.9 Å². The van der Waals surface area contributed by atoms with Crippen molar-refractivity contribution in [3.63, 3.8) is 0 Å². The van der Waals surface area contributed by atoms with Crippen molar-refractivity contribution in [1.29, 1.82) is 0 Å². The standard InChI is InChI=1S/C14H18N2O4S/c1-9(2)15-14(19)16-12(17)8-20-13(18)10-6-4-5-7-11(10)21-3/h4-7,9H,8H2,1-3H3,(H2,15,16,17,19). The minimum absolute atomic E-state index is 0.0891. The first-order valence-electron chi connectivity index (χ1n) is 6.34. The molecule has 1 aromatic rings. The maximum Gasteiger partial charge on any atom is 0.339 e. The molecule has 0 spiro atoms. The number of benzene rings is 1. The van der Waals surface area contributed by atoms with Crippen molar-refractivity contribution >= 4 is 29.7 Å². The molecule has 0 radical (unpaired) electrons. The third-order valence-electron chi connectivity index (χ3n) is 2.33. The monoisotopic (exact) mass is 310 g/mol. The molecule has 3 amide bonds. The summed E-state index contributed by atoms with van der Waals surface area (Å²) in [6, 6.07) is 6.23. The Hall–Kier alpha value is -2.02. The lowest BCUT2D eigenvalue weighted by Gasteiger charge is -2.10. The van der Waals surface area contributed by atoms with Gasteiger partial charge in [0.1, 0.15) is 0 Å². The quantitative estimate of drug-likeness (QED) is 0.640. The molecule has 0 aliphatic carbocycles. The Balaban J connectivity index is 2.49. The molecule has 0 aromatic heterocycles. The molecule has 114 valence electrons. The van der Waals surface area contributed by atoms with E-state index in [2.05, 4.69) is 10.6 Å². The van der Waals surface area contributed by atoms with Crippen LogP contribution in [0.4, 0.5) is 4.79 Å². The van der Waals surface area contributed by atoms with Gasteiger partial charge in [-0.1, -0.05) is 12.1 Å². The van der Waals surface area contributed by atoms with Crippen LogP contribution in [-0.2, 0) is 9.53 Å². The third-order valence-corrected chi connectivity index (χ3v) is 3.13. The number of imide groups is 1. The second-order valence-electron chi connectivity index (χ2n) is 4.45. The Labute approximate surface area is 127 Å². The number of ether oxygens (including phenoxy) is 1. The number of hydrogen-bond acceptors (Lipinski definition) is 5. The van der Waals surface area contributed by atoms with Gasteiger partial charge < -0.3 is 10.1 Å². The molecule has 0 atom stereocenters. The molecular weight excluding hydrogens is 292 g/mol. The Morgan fingerprint density at radius 1 is 1.24 bits per heavy atom. The van der Waals surface area contributed by atoms with Crippen molar-refractivity contribution < 1.29 is 19.1 Å². The largest absolute Gasteiger partial charge is 0.452 e. The van der Waals surface area contributed by atoms with Crippen molar-refractivity contribution in [3.8, 4) is 0 Å². The van der Waals surface area contributed by atoms with Crippen molar-refractivity contribution in [1.82, 2.24) is 10.6 Å². The Morgan fingerprint density at radius 3 is 2.52 bits per heavy atom. The Morgan fingerprint density at radius 2 is 1.90 bits per heavy atom. The molecule has 7 heteroatoms. The highest BCUT2D eigenvalue weighted by atomic mass is 32.2. The maximum absolute atomic E-state index is 11.9. The van der Waals surface area contributed by atoms with Gasteiger partial charge in [0.25, 0.3) is 5.91 Å². The number of rotatable bonds is 5. The summed E-state index contributed by atoms with van der Waals surface area (Å²) in [5, 5.41) is 4.57. The molecule has 0 aliphatic heterocycles. The van der Waals surface area contributed by atoms with Gasteiger partial charge in [-0.2, -0.15) is 0 Å². The first-order valence-corrected chi connectivity index (χ1v) is 7.57. The molecule has 1 aromatic carbocycles. The van der Waals surface area contributed by atoms with Crippen LogP contribution in [0.25, 0.3) is 0 Å². The zero-order valence-corrected chi connectivity index (χ0v) is 13.0. The van der Waals surface area contributed by atoms with E-state index < -0.39 is 24.5 Å². The lowest BCUT2D eigenvalue weighted by atomic mass is 10.2. The Bertz CT molecular complexity index is 531. The van der Waals surface area contributed by atoms with Crippen LogP contribution < -0.4 is 10.6 Å². The van der Waals surface area contributed by atoms with Gasteiger partial charge in [-0.05, 0) is 32.2 Å². The average Bonchev–Trinajstić information content (AvgIpc) is 2.43. The van der Waals surface area contributed by atoms with Crippen LogP contribution in [0.3, 0.4) is 0 Å². The number of hydrogen-bond donors (Lipinski definition) is 2. The lowest BCUT2D eigenvalue weighted by molar-refractivity contribution is -0.123. The molecule has 0 heterocycles. The predicted molar refractivity (Wildman–Crippen MR) is 80.3 cm³/mol. The fraction of sp³-hybridized carbons (Fsp3) is 0.357. The van der Waals surface area contributed by atoms with Gasteiger partial charge in [-0.3, -0.25) is 10.1 Å². The minimum atomic E-state index is -0.678. The number of carbonyl (C=O) groups excluding carboxylic acids is 3. The summed E-state index contributed by atoms with van der Waals surface area (Å²) in [6.07, 6.45) is 1.84. The van der Waals surface area contributed by atoms with Gasteiger partial charge in [0, 0.05) is 10.9 Å². The van der Waals surface area contributed by atoms with E-state index in [1.54, 1.807) is 32.0 Å². The summed E-state index contributed by atoms with van der Waals surface area (Å²) in [5.41, 5.74) is 0.393. The zero-order valence-electron chi connectivity index (χ0n) is 12.1. The van der Waals surface area contributed by atoms with Crippen LogP contribution in [-0.4, -0.2) is 36.8 Å². The fourth-order valence-electron chi connectivity index (χ4n) is 1.48. The summed E-state index contributed by atoms with van der Waals surface area (Å²) >= 11 is 1.41. The van der Waals surface area contributed by atoms with Gasteiger partial charge in [0.15, 0.2) is 6.61 Å². The third kappa shape index (κ3) is 5.86. The topological polar surface area (TPSA) is 84.5 Å². The van der Waals surface area contributed by atoms with Crippen molar-refractivity contribution in [3.05, 3.63) is 29.8 Å². The number of esters is 1. The van der Waals surface area contributed by atoms with Crippen LogP contribution in [0.5, 0.6) is 0 Å². The van der Waals surface area contributed by atoms with E-state index >= 15 is 0 Å². The average molecular weight is 310 g/mol. The van der Waals surface area contributed by atoms with Crippen LogP contribution in [0, 0.1) is 0 Å². The summed E-state index contributed by atoms with van der Waals surface area (Å²) in [4.78, 5) is 35.4. The first-order chi connectivity index (χ1) is 9.93. The van der Waals surface area contributed by atoms with Gasteiger partial charge in [0.2, 0.25) is 0 Å². The molecule has 1 rings (SSSR count). The predicted octanol–water partition coefficient (Wildman–Crippen LogP) is 1.80. The summed E-state index contributed by atoms with van der Waals surface area (Å²) in [7, 11) is 0. The van der Waals surface area contributed by atoms with E-state index in [4.69, 9.17) is 4.74 Å². The Kier molecular flexibility index (Phi) is 6.74. The molecule has 6 nitrogen and oxygen atoms in total. The molecular formula is C14H18N2O4S. The lowest BCUT2D eigenvalue weighted by Crippen LogP contribution is -2.44. The molecule has 2 N–H and O–H groups in total. The summed E-state index contributed by atoms with van der Waals surface area (Å²) < 4.78 is 4.89. The van der Waals surface area contributed by atoms with Crippen LogP contribution in [0.2, 0.25) is 0 Å². The first kappa shape index (κ1) is 17.0. The number of nitrogens with one attached hydrogen (secondary N) is 2. The van der Waals surface area contributed by atoms with Crippen molar-refractivity contribution in [2.45, 2.75) is 24.8 Å². The molecule has 0 saturated carbocycles. The van der Waals surface area contributed by atoms with E-state index in [1.165, 1.54) is 11.8 Å². The zero-order chi connectivity index (χ0) is 15.8. The smallest absolute Gasteiger partial charge is 0.339 e. The summed E-state index contributed by atoms with van der Waals surface area (Å²) in [6.45, 7) is 3.03. The number of thioether (sulfide) groups is 1. The molecule has 0 saturated heterocycles. The number of urea groups is 1. The minimum Gasteiger partial charge on any atom is -0.452 e. The normalized spacial score (nSPS) is 10.1. The van der Waals surface area contributed by atoms with E-state index in [0.717, 1.165) is 4.90 Å². The molecule has 21 heavy (non-hydrogen) atoms. The number of amides is 3. The molecule has 0 fully saturated rings. The summed E-state index contributed by atoms with van der Waals surface area (Å²) in [5.74, 6) is -1.28. The SMILES string of the molecule is CSc1ccccc1C(=O)OCC(=O)NC(=O)NC(C)C. The highest BCUT2D eigenvalue weighted by Crippen LogP contribution is 2.20. The van der Waals surface area contributed by atoms with E-state index in [-0.39, 0.29) is 6.04 Å². The molecule has 0 unspecified atom stereocenters. The highest BCUT2D eigenvalue weighted by molar-refractivity contribution is 7.98. The second kappa shape index (κ2) is 8.31. The molecule has 0 aliphatic rings. The van der Waals surface area contributed by atoms with Gasteiger partial charge in [-0.15, -0.1) is 11.8 Å². The van der Waals surface area contributed by atoms with Crippen LogP contribution in [0.15, 0.2) is 29.2 Å². The van der Waals surface area contributed by atoms with Gasteiger partial charge in [-0.25, -0.2) is 9.59 Å². The van der Waals surface area contributed by atoms with Crippen LogP contribution >= 0.6 is 11.8 Å². The van der Waals surface area contributed by atoms with E-state index in [9.17, 15) is 14.4 Å². The van der Waals surface area contributed by atoms with E-state index in [1.807, 2.05) is 12.3 Å². The highest BCUT2D eigenvalue weighted by Gasteiger charge is 2.15. The van der Waals surface area contributed by atoms with Crippen molar-refractivity contribution in [2.24, 2.45) is 0 Å². The fourth-order valence-corrected chi connectivity index (χ4v) is 2.07. The number of carbonyl (C=O) groups is 3. The van der Waals surface area contributed by atoms with Gasteiger partial charge in [0.05, 0.1) is 5.56 Å².